The van der Waals surface area contributed by atoms with E-state index in [4.69, 9.17) is 5.11 Å². The van der Waals surface area contributed by atoms with Crippen molar-refractivity contribution in [3.63, 3.8) is 0 Å². The van der Waals surface area contributed by atoms with Gasteiger partial charge in [0.2, 0.25) is 0 Å². The fourth-order valence-corrected chi connectivity index (χ4v) is 1.10. The topological polar surface area (TPSA) is 54.4 Å². The second-order valence-electron chi connectivity index (χ2n) is 2.93. The van der Waals surface area contributed by atoms with E-state index in [9.17, 15) is 9.59 Å². The molecule has 0 aromatic heterocycles. The van der Waals surface area contributed by atoms with Gasteiger partial charge in [-0.05, 0) is 18.6 Å². The zero-order chi connectivity index (χ0) is 9.84. The Morgan fingerprint density at radius 3 is 2.69 bits per heavy atom. The Morgan fingerprint density at radius 1 is 1.62 bits per heavy atom. The highest BCUT2D eigenvalue weighted by Crippen LogP contribution is 2.20. The molecular formula is C10H10O3. The first kappa shape index (κ1) is 9.49. The number of carboxylic acid groups (broad SMARTS) is 1. The number of carboxylic acids is 1. The van der Waals surface area contributed by atoms with Crippen LogP contribution >= 0.6 is 0 Å². The fraction of sp³-hybridized carbons (Fsp3) is 0.300. The predicted octanol–water partition coefficient (Wildman–Crippen LogP) is 1.35. The molecule has 0 fully saturated rings. The van der Waals surface area contributed by atoms with Crippen LogP contribution in [0.15, 0.2) is 29.4 Å². The number of carbonyl (C=O) groups excluding carboxylic acids is 1. The van der Waals surface area contributed by atoms with Crippen molar-refractivity contribution in [2.24, 2.45) is 5.92 Å². The van der Waals surface area contributed by atoms with Crippen LogP contribution in [0, 0.1) is 5.92 Å². The van der Waals surface area contributed by atoms with Gasteiger partial charge in [0.15, 0.2) is 0 Å². The molecule has 13 heavy (non-hydrogen) atoms. The molecule has 0 aromatic rings. The number of aliphatic carboxylic acids is 1. The van der Waals surface area contributed by atoms with Gasteiger partial charge in [0.25, 0.3) is 0 Å². The van der Waals surface area contributed by atoms with Crippen molar-refractivity contribution in [2.45, 2.75) is 13.3 Å². The van der Waals surface area contributed by atoms with Crippen LogP contribution in [0.2, 0.25) is 0 Å². The van der Waals surface area contributed by atoms with Crippen LogP contribution < -0.4 is 0 Å². The highest BCUT2D eigenvalue weighted by atomic mass is 16.4. The van der Waals surface area contributed by atoms with E-state index in [1.165, 1.54) is 0 Å². The number of allylic oxidation sites excluding steroid dienone is 4. The Labute approximate surface area is 76.1 Å². The lowest BCUT2D eigenvalue weighted by Gasteiger charge is -2.10. The summed E-state index contributed by atoms with van der Waals surface area (Å²) in [6.45, 7) is 1.62. The third kappa shape index (κ3) is 2.17. The van der Waals surface area contributed by atoms with Crippen LogP contribution in [0.25, 0.3) is 0 Å². The summed E-state index contributed by atoms with van der Waals surface area (Å²) in [7, 11) is 0. The summed E-state index contributed by atoms with van der Waals surface area (Å²) in [5.41, 5.74) is 1.30. The lowest BCUT2D eigenvalue weighted by Crippen LogP contribution is -2.12. The predicted molar refractivity (Wildman–Crippen MR) is 47.8 cm³/mol. The first-order valence-electron chi connectivity index (χ1n) is 4.00. The molecule has 3 heteroatoms. The van der Waals surface area contributed by atoms with E-state index < -0.39 is 11.9 Å². The Hall–Kier alpha value is -1.60. The third-order valence-corrected chi connectivity index (χ3v) is 2.04. The van der Waals surface area contributed by atoms with Gasteiger partial charge in [0.1, 0.15) is 5.94 Å². The molecule has 3 nitrogen and oxygen atoms in total. The molecule has 1 N–H and O–H groups in total. The van der Waals surface area contributed by atoms with Crippen LogP contribution in [0.3, 0.4) is 0 Å². The number of hydrogen-bond acceptors (Lipinski definition) is 2. The summed E-state index contributed by atoms with van der Waals surface area (Å²) in [5.74, 6) is 0.418. The van der Waals surface area contributed by atoms with E-state index in [1.807, 2.05) is 0 Å². The average molecular weight is 178 g/mol. The Morgan fingerprint density at radius 2 is 2.31 bits per heavy atom. The fourth-order valence-electron chi connectivity index (χ4n) is 1.10. The van der Waals surface area contributed by atoms with Gasteiger partial charge in [-0.2, -0.15) is 0 Å². The van der Waals surface area contributed by atoms with Crippen molar-refractivity contribution in [1.82, 2.24) is 0 Å². The maximum absolute atomic E-state index is 10.6. The number of rotatable bonds is 2. The van der Waals surface area contributed by atoms with Crippen LogP contribution in [-0.4, -0.2) is 17.0 Å². The van der Waals surface area contributed by atoms with E-state index in [0.29, 0.717) is 12.0 Å². The molecule has 0 amide bonds. The van der Waals surface area contributed by atoms with Gasteiger partial charge in [0, 0.05) is 12.0 Å². The van der Waals surface area contributed by atoms with Crippen LogP contribution in [0.5, 0.6) is 0 Å². The second kappa shape index (κ2) is 3.87. The van der Waals surface area contributed by atoms with Crippen molar-refractivity contribution < 1.29 is 14.7 Å². The number of carbonyl (C=O) groups is 1. The largest absolute Gasteiger partial charge is 0.481 e. The van der Waals surface area contributed by atoms with E-state index in [-0.39, 0.29) is 0 Å². The van der Waals surface area contributed by atoms with Crippen molar-refractivity contribution in [1.29, 1.82) is 0 Å². The number of hydrogen-bond donors (Lipinski definition) is 1. The molecule has 1 atom stereocenters. The third-order valence-electron chi connectivity index (χ3n) is 2.04. The van der Waals surface area contributed by atoms with Gasteiger partial charge in [-0.15, -0.1) is 0 Å². The van der Waals surface area contributed by atoms with E-state index in [2.05, 4.69) is 0 Å². The summed E-state index contributed by atoms with van der Waals surface area (Å²) in [6, 6.07) is 0. The summed E-state index contributed by atoms with van der Waals surface area (Å²) in [5, 5.41) is 8.70. The summed E-state index contributed by atoms with van der Waals surface area (Å²) in [4.78, 5) is 20.8. The summed E-state index contributed by atoms with van der Waals surface area (Å²) >= 11 is 0. The molecule has 68 valence electrons. The quantitative estimate of drug-likeness (QED) is 0.649. The smallest absolute Gasteiger partial charge is 0.310 e. The molecule has 0 saturated carbocycles. The van der Waals surface area contributed by atoms with Crippen LogP contribution in [-0.2, 0) is 9.59 Å². The van der Waals surface area contributed by atoms with Gasteiger partial charge < -0.3 is 5.11 Å². The molecule has 1 unspecified atom stereocenters. The highest BCUT2D eigenvalue weighted by molar-refractivity contribution is 5.75. The molecule has 1 aliphatic carbocycles. The van der Waals surface area contributed by atoms with Gasteiger partial charge in [-0.1, -0.05) is 12.2 Å². The molecule has 0 heterocycles. The van der Waals surface area contributed by atoms with Crippen molar-refractivity contribution in [3.05, 3.63) is 29.4 Å². The molecule has 0 aliphatic heterocycles. The van der Waals surface area contributed by atoms with Crippen LogP contribution in [0.4, 0.5) is 0 Å². The minimum Gasteiger partial charge on any atom is -0.481 e. The average Bonchev–Trinajstić information content (AvgIpc) is 2.17. The van der Waals surface area contributed by atoms with Crippen molar-refractivity contribution >= 4 is 11.9 Å². The van der Waals surface area contributed by atoms with Crippen molar-refractivity contribution in [2.75, 3.05) is 0 Å². The maximum atomic E-state index is 10.6. The highest BCUT2D eigenvalue weighted by Gasteiger charge is 2.15. The molecule has 0 saturated heterocycles. The minimum absolute atomic E-state index is 0.479. The zero-order valence-corrected chi connectivity index (χ0v) is 7.28. The standard InChI is InChI=1S/C10H10O3/c1-7(10(12)13)9-4-2-8(6-11)3-5-9/h2,4-5,7H,3H2,1H3,(H,12,13). The molecular weight excluding hydrogens is 168 g/mol. The summed E-state index contributed by atoms with van der Waals surface area (Å²) < 4.78 is 0. The molecule has 1 aliphatic rings. The lowest BCUT2D eigenvalue weighted by atomic mass is 9.94. The second-order valence-corrected chi connectivity index (χ2v) is 2.93. The monoisotopic (exact) mass is 178 g/mol. The van der Waals surface area contributed by atoms with E-state index >= 15 is 0 Å². The van der Waals surface area contributed by atoms with E-state index in [1.54, 1.807) is 31.1 Å². The Kier molecular flexibility index (Phi) is 2.83. The maximum Gasteiger partial charge on any atom is 0.310 e. The first-order chi connectivity index (χ1) is 6.15. The molecule has 1 rings (SSSR count). The SMILES string of the molecule is CC(C(=O)O)C1=CCC(=C=O)C=C1. The lowest BCUT2D eigenvalue weighted by molar-refractivity contribution is -0.139. The normalized spacial score (nSPS) is 17.6. The molecule has 0 bridgehead atoms. The zero-order valence-electron chi connectivity index (χ0n) is 7.28. The molecule has 0 radical (unpaired) electrons. The van der Waals surface area contributed by atoms with E-state index in [0.717, 1.165) is 5.57 Å². The van der Waals surface area contributed by atoms with Gasteiger partial charge in [-0.25, -0.2) is 4.79 Å². The van der Waals surface area contributed by atoms with Gasteiger partial charge >= 0.3 is 5.97 Å². The Bertz CT molecular complexity index is 330. The summed E-state index contributed by atoms with van der Waals surface area (Å²) in [6.07, 6.45) is 5.50. The van der Waals surface area contributed by atoms with Crippen LogP contribution in [0.1, 0.15) is 13.3 Å². The van der Waals surface area contributed by atoms with Gasteiger partial charge in [0.05, 0.1) is 5.92 Å². The van der Waals surface area contributed by atoms with Crippen molar-refractivity contribution in [3.8, 4) is 0 Å². The Balaban J connectivity index is 2.78. The molecule has 0 spiro atoms. The van der Waals surface area contributed by atoms with Gasteiger partial charge in [-0.3, -0.25) is 4.79 Å². The molecule has 0 aromatic carbocycles. The minimum atomic E-state index is -0.852. The first-order valence-corrected chi connectivity index (χ1v) is 4.00.